The van der Waals surface area contributed by atoms with Gasteiger partial charge in [0.15, 0.2) is 0 Å². The Hall–Kier alpha value is -2.30. The molecule has 5 heteroatoms. The fourth-order valence-electron chi connectivity index (χ4n) is 1.66. The molecule has 0 aromatic heterocycles. The minimum Gasteiger partial charge on any atom is -0.490 e. The zero-order chi connectivity index (χ0) is 14.0. The van der Waals surface area contributed by atoms with E-state index in [0.717, 1.165) is 6.08 Å². The zero-order valence-corrected chi connectivity index (χ0v) is 10.8. The Morgan fingerprint density at radius 2 is 2.21 bits per heavy atom. The van der Waals surface area contributed by atoms with E-state index in [1.54, 1.807) is 32.0 Å². The highest BCUT2D eigenvalue weighted by Crippen LogP contribution is 2.33. The van der Waals surface area contributed by atoms with Crippen molar-refractivity contribution in [2.24, 2.45) is 5.41 Å². The fourth-order valence-corrected chi connectivity index (χ4v) is 1.66. The molecule has 5 nitrogen and oxygen atoms in total. The van der Waals surface area contributed by atoms with Crippen LogP contribution in [0.5, 0.6) is 5.75 Å². The quantitative estimate of drug-likeness (QED) is 0.800. The summed E-state index contributed by atoms with van der Waals surface area (Å²) < 4.78 is 5.59. The van der Waals surface area contributed by atoms with Crippen LogP contribution in [0.2, 0.25) is 0 Å². The number of carbonyl (C=O) groups excluding carboxylic acids is 1. The van der Waals surface area contributed by atoms with Crippen molar-refractivity contribution in [2.75, 3.05) is 11.9 Å². The molecule has 0 fully saturated rings. The lowest BCUT2D eigenvalue weighted by Gasteiger charge is -2.18. The van der Waals surface area contributed by atoms with Crippen LogP contribution in [0.1, 0.15) is 19.4 Å². The summed E-state index contributed by atoms with van der Waals surface area (Å²) in [6, 6.07) is 5.15. The van der Waals surface area contributed by atoms with Crippen LogP contribution >= 0.6 is 0 Å². The van der Waals surface area contributed by atoms with Gasteiger partial charge in [-0.05, 0) is 37.6 Å². The first kappa shape index (κ1) is 13.1. The third-order valence-corrected chi connectivity index (χ3v) is 2.87. The molecular weight excluding hydrogens is 246 g/mol. The molecule has 1 aromatic rings. The fraction of sp³-hybridized carbons (Fsp3) is 0.286. The van der Waals surface area contributed by atoms with Crippen molar-refractivity contribution in [1.29, 1.82) is 0 Å². The van der Waals surface area contributed by atoms with Gasteiger partial charge in [0.05, 0.1) is 11.1 Å². The first-order valence-electron chi connectivity index (χ1n) is 5.88. The predicted octanol–water partition coefficient (Wildman–Crippen LogP) is 2.14. The van der Waals surface area contributed by atoms with Gasteiger partial charge in [0.1, 0.15) is 12.4 Å². The van der Waals surface area contributed by atoms with E-state index in [0.29, 0.717) is 23.6 Å². The molecule has 0 unspecified atom stereocenters. The third kappa shape index (κ3) is 2.93. The number of carboxylic acid groups (broad SMARTS) is 1. The van der Waals surface area contributed by atoms with Gasteiger partial charge in [0.25, 0.3) is 0 Å². The molecule has 0 saturated carbocycles. The molecule has 2 N–H and O–H groups in total. The molecular formula is C14H15NO4. The zero-order valence-electron chi connectivity index (χ0n) is 10.8. The Morgan fingerprint density at radius 3 is 2.89 bits per heavy atom. The van der Waals surface area contributed by atoms with Crippen LogP contribution in [0.25, 0.3) is 6.08 Å². The first-order valence-corrected chi connectivity index (χ1v) is 5.88. The highest BCUT2D eigenvalue weighted by molar-refractivity contribution is 5.97. The van der Waals surface area contributed by atoms with Crippen LogP contribution in [-0.4, -0.2) is 23.6 Å². The smallest absolute Gasteiger partial charge is 0.328 e. The summed E-state index contributed by atoms with van der Waals surface area (Å²) in [6.07, 6.45) is 2.51. The number of nitrogens with one attached hydrogen (secondary N) is 1. The number of carboxylic acids is 1. The van der Waals surface area contributed by atoms with Gasteiger partial charge in [0.2, 0.25) is 5.91 Å². The summed E-state index contributed by atoms with van der Waals surface area (Å²) in [5, 5.41) is 11.4. The van der Waals surface area contributed by atoms with Crippen molar-refractivity contribution in [3.8, 4) is 5.75 Å². The van der Waals surface area contributed by atoms with Gasteiger partial charge < -0.3 is 15.2 Å². The molecule has 0 atom stereocenters. The summed E-state index contributed by atoms with van der Waals surface area (Å²) in [7, 11) is 0. The van der Waals surface area contributed by atoms with Gasteiger partial charge >= 0.3 is 5.97 Å². The lowest BCUT2D eigenvalue weighted by molar-refractivity contribution is -0.131. The maximum atomic E-state index is 12.0. The maximum absolute atomic E-state index is 12.0. The van der Waals surface area contributed by atoms with Crippen molar-refractivity contribution in [2.45, 2.75) is 13.8 Å². The van der Waals surface area contributed by atoms with E-state index in [2.05, 4.69) is 5.32 Å². The lowest BCUT2D eigenvalue weighted by atomic mass is 9.94. The molecule has 1 aliphatic rings. The number of aliphatic carboxylic acids is 1. The molecule has 0 radical (unpaired) electrons. The SMILES string of the molecule is CC1(C)COc2ccc(/C=C/C(=O)O)cc2NC1=O. The molecule has 1 aliphatic heterocycles. The van der Waals surface area contributed by atoms with Crippen LogP contribution in [0.3, 0.4) is 0 Å². The van der Waals surface area contributed by atoms with Crippen LogP contribution in [0.4, 0.5) is 5.69 Å². The summed E-state index contributed by atoms with van der Waals surface area (Å²) >= 11 is 0. The molecule has 2 rings (SSSR count). The van der Waals surface area contributed by atoms with Crippen molar-refractivity contribution < 1.29 is 19.4 Å². The number of hydrogen-bond acceptors (Lipinski definition) is 3. The largest absolute Gasteiger partial charge is 0.490 e. The summed E-state index contributed by atoms with van der Waals surface area (Å²) in [5.41, 5.74) is 0.642. The first-order chi connectivity index (χ1) is 8.88. The Bertz CT molecular complexity index is 561. The summed E-state index contributed by atoms with van der Waals surface area (Å²) in [5.74, 6) is -0.548. The van der Waals surface area contributed by atoms with Crippen molar-refractivity contribution in [3.63, 3.8) is 0 Å². The topological polar surface area (TPSA) is 75.6 Å². The number of fused-ring (bicyclic) bond motifs is 1. The molecule has 100 valence electrons. The van der Waals surface area contributed by atoms with E-state index in [-0.39, 0.29) is 5.91 Å². The van der Waals surface area contributed by atoms with Crippen LogP contribution in [0, 0.1) is 5.41 Å². The van der Waals surface area contributed by atoms with Crippen molar-refractivity contribution in [1.82, 2.24) is 0 Å². The second-order valence-electron chi connectivity index (χ2n) is 5.05. The number of hydrogen-bond donors (Lipinski definition) is 2. The molecule has 0 saturated heterocycles. The van der Waals surface area contributed by atoms with Crippen LogP contribution < -0.4 is 10.1 Å². The predicted molar refractivity (Wildman–Crippen MR) is 71.0 cm³/mol. The molecule has 19 heavy (non-hydrogen) atoms. The Balaban J connectivity index is 2.31. The normalized spacial score (nSPS) is 17.3. The third-order valence-electron chi connectivity index (χ3n) is 2.87. The molecule has 1 amide bonds. The monoisotopic (exact) mass is 261 g/mol. The van der Waals surface area contributed by atoms with E-state index in [4.69, 9.17) is 9.84 Å². The van der Waals surface area contributed by atoms with Crippen LogP contribution in [0.15, 0.2) is 24.3 Å². The minimum absolute atomic E-state index is 0.120. The van der Waals surface area contributed by atoms with E-state index < -0.39 is 11.4 Å². The number of benzene rings is 1. The van der Waals surface area contributed by atoms with Gasteiger partial charge in [-0.2, -0.15) is 0 Å². The summed E-state index contributed by atoms with van der Waals surface area (Å²) in [6.45, 7) is 3.91. The number of carbonyl (C=O) groups is 2. The van der Waals surface area contributed by atoms with E-state index in [1.165, 1.54) is 6.08 Å². The van der Waals surface area contributed by atoms with Gasteiger partial charge in [0, 0.05) is 6.08 Å². The Kier molecular flexibility index (Phi) is 3.29. The van der Waals surface area contributed by atoms with Gasteiger partial charge in [-0.1, -0.05) is 6.07 Å². The second-order valence-corrected chi connectivity index (χ2v) is 5.05. The van der Waals surface area contributed by atoms with Crippen molar-refractivity contribution in [3.05, 3.63) is 29.8 Å². The molecule has 1 heterocycles. The highest BCUT2D eigenvalue weighted by atomic mass is 16.5. The molecule has 0 spiro atoms. The Morgan fingerprint density at radius 1 is 1.47 bits per heavy atom. The molecule has 0 aliphatic carbocycles. The average molecular weight is 261 g/mol. The second kappa shape index (κ2) is 4.76. The van der Waals surface area contributed by atoms with Crippen molar-refractivity contribution >= 4 is 23.6 Å². The number of ether oxygens (including phenoxy) is 1. The lowest BCUT2D eigenvalue weighted by Crippen LogP contribution is -2.33. The van der Waals surface area contributed by atoms with E-state index in [9.17, 15) is 9.59 Å². The molecule has 1 aromatic carbocycles. The van der Waals surface area contributed by atoms with Crippen LogP contribution in [-0.2, 0) is 9.59 Å². The number of rotatable bonds is 2. The van der Waals surface area contributed by atoms with E-state index in [1.807, 2.05) is 0 Å². The van der Waals surface area contributed by atoms with Gasteiger partial charge in [-0.25, -0.2) is 4.79 Å². The van der Waals surface area contributed by atoms with E-state index >= 15 is 0 Å². The number of anilines is 1. The summed E-state index contributed by atoms with van der Waals surface area (Å²) in [4.78, 5) is 22.4. The Labute approximate surface area is 110 Å². The highest BCUT2D eigenvalue weighted by Gasteiger charge is 2.32. The van der Waals surface area contributed by atoms with Gasteiger partial charge in [-0.15, -0.1) is 0 Å². The van der Waals surface area contributed by atoms with Gasteiger partial charge in [-0.3, -0.25) is 4.79 Å². The molecule has 0 bridgehead atoms. The number of amides is 1. The standard InChI is InChI=1S/C14H15NO4/c1-14(2)8-19-11-5-3-9(4-6-12(16)17)7-10(11)15-13(14)18/h3-7H,8H2,1-2H3,(H,15,18)(H,16,17)/b6-4+. The maximum Gasteiger partial charge on any atom is 0.328 e. The minimum atomic E-state index is -1.02. The average Bonchev–Trinajstić information content (AvgIpc) is 2.45.